The van der Waals surface area contributed by atoms with E-state index in [1.165, 1.54) is 12.1 Å². The van der Waals surface area contributed by atoms with Gasteiger partial charge in [-0.05, 0) is 49.7 Å². The van der Waals surface area contributed by atoms with Crippen molar-refractivity contribution in [3.63, 3.8) is 0 Å². The number of benzene rings is 2. The van der Waals surface area contributed by atoms with Crippen molar-refractivity contribution >= 4 is 11.9 Å². The molecule has 0 aliphatic rings. The lowest BCUT2D eigenvalue weighted by molar-refractivity contribution is -0.124. The molecule has 1 heterocycles. The van der Waals surface area contributed by atoms with Crippen molar-refractivity contribution in [2.45, 2.75) is 32.7 Å². The summed E-state index contributed by atoms with van der Waals surface area (Å²) in [5, 5.41) is 7.29. The van der Waals surface area contributed by atoms with Gasteiger partial charge in [-0.3, -0.25) is 4.79 Å². The van der Waals surface area contributed by atoms with E-state index < -0.39 is 5.97 Å². The van der Waals surface area contributed by atoms with E-state index >= 15 is 0 Å². The number of hydrogen-bond donors (Lipinski definition) is 1. The van der Waals surface area contributed by atoms with Gasteiger partial charge in [0.15, 0.2) is 6.61 Å². The molecule has 1 amide bonds. The third-order valence-electron chi connectivity index (χ3n) is 4.54. The van der Waals surface area contributed by atoms with Gasteiger partial charge < -0.3 is 10.1 Å². The normalized spacial score (nSPS) is 11.7. The molecule has 0 aliphatic carbocycles. The molecule has 3 aromatic rings. The summed E-state index contributed by atoms with van der Waals surface area (Å²) in [4.78, 5) is 24.8. The molecular formula is C23H24FN3O3. The Kier molecular flexibility index (Phi) is 6.95. The summed E-state index contributed by atoms with van der Waals surface area (Å²) in [5.41, 5.74) is 1.87. The molecule has 0 aliphatic heterocycles. The second-order valence-electron chi connectivity index (χ2n) is 7.01. The monoisotopic (exact) mass is 409 g/mol. The molecule has 30 heavy (non-hydrogen) atoms. The minimum Gasteiger partial charge on any atom is -0.452 e. The highest BCUT2D eigenvalue weighted by Crippen LogP contribution is 2.25. The number of esters is 1. The summed E-state index contributed by atoms with van der Waals surface area (Å²) in [7, 11) is 0. The van der Waals surface area contributed by atoms with Gasteiger partial charge in [-0.25, -0.2) is 13.9 Å². The lowest BCUT2D eigenvalue weighted by Crippen LogP contribution is -2.35. The topological polar surface area (TPSA) is 73.2 Å². The zero-order valence-corrected chi connectivity index (χ0v) is 17.0. The molecule has 0 saturated carbocycles. The Balaban J connectivity index is 1.83. The lowest BCUT2D eigenvalue weighted by Gasteiger charge is -2.12. The van der Waals surface area contributed by atoms with E-state index in [1.807, 2.05) is 44.2 Å². The van der Waals surface area contributed by atoms with Gasteiger partial charge in [0.25, 0.3) is 5.91 Å². The van der Waals surface area contributed by atoms with Crippen LogP contribution in [0.2, 0.25) is 0 Å². The van der Waals surface area contributed by atoms with Crippen molar-refractivity contribution in [3.05, 3.63) is 72.2 Å². The molecule has 0 unspecified atom stereocenters. The first-order valence-electron chi connectivity index (χ1n) is 9.85. The molecule has 0 spiro atoms. The molecule has 0 fully saturated rings. The van der Waals surface area contributed by atoms with Crippen molar-refractivity contribution in [3.8, 4) is 16.9 Å². The third kappa shape index (κ3) is 5.31. The summed E-state index contributed by atoms with van der Waals surface area (Å²) in [5.74, 6) is -1.42. The quantitative estimate of drug-likeness (QED) is 0.568. The van der Waals surface area contributed by atoms with E-state index in [4.69, 9.17) is 4.74 Å². The van der Waals surface area contributed by atoms with Crippen LogP contribution in [-0.4, -0.2) is 34.3 Å². The smallest absolute Gasteiger partial charge is 0.342 e. The van der Waals surface area contributed by atoms with Gasteiger partial charge in [0.2, 0.25) is 0 Å². The van der Waals surface area contributed by atoms with Crippen LogP contribution in [0.1, 0.15) is 37.0 Å². The summed E-state index contributed by atoms with van der Waals surface area (Å²) < 4.78 is 20.1. The SMILES string of the molecule is CCC[C@@H](C)NC(=O)COC(=O)c1cn(-c2ccccc2)nc1-c1ccc(F)cc1. The summed E-state index contributed by atoms with van der Waals surface area (Å²) in [6.45, 7) is 3.55. The highest BCUT2D eigenvalue weighted by atomic mass is 19.1. The number of rotatable bonds is 8. The van der Waals surface area contributed by atoms with Gasteiger partial charge >= 0.3 is 5.97 Å². The maximum atomic E-state index is 13.3. The Bertz CT molecular complexity index is 1000. The Morgan fingerprint density at radius 1 is 1.13 bits per heavy atom. The van der Waals surface area contributed by atoms with Crippen LogP contribution in [0.15, 0.2) is 60.8 Å². The van der Waals surface area contributed by atoms with E-state index in [-0.39, 0.29) is 29.9 Å². The maximum Gasteiger partial charge on any atom is 0.342 e. The molecule has 2 aromatic carbocycles. The number of amides is 1. The molecule has 7 heteroatoms. The number of aromatic nitrogens is 2. The standard InChI is InChI=1S/C23H24FN3O3/c1-3-7-16(2)25-21(28)15-30-23(29)20-14-27(19-8-5-4-6-9-19)26-22(20)17-10-12-18(24)13-11-17/h4-6,8-14,16H,3,7,15H2,1-2H3,(H,25,28)/t16-/m1/s1. The lowest BCUT2D eigenvalue weighted by atomic mass is 10.1. The zero-order valence-electron chi connectivity index (χ0n) is 17.0. The van der Waals surface area contributed by atoms with Gasteiger partial charge in [-0.15, -0.1) is 0 Å². The fraction of sp³-hybridized carbons (Fsp3) is 0.261. The van der Waals surface area contributed by atoms with Crippen LogP contribution in [0, 0.1) is 5.82 Å². The highest BCUT2D eigenvalue weighted by molar-refractivity contribution is 5.97. The zero-order chi connectivity index (χ0) is 21.5. The van der Waals surface area contributed by atoms with E-state index in [1.54, 1.807) is 23.0 Å². The first kappa shape index (κ1) is 21.2. The molecule has 156 valence electrons. The number of halogens is 1. The van der Waals surface area contributed by atoms with Crippen molar-refractivity contribution in [1.82, 2.24) is 15.1 Å². The van der Waals surface area contributed by atoms with Crippen molar-refractivity contribution in [2.75, 3.05) is 6.61 Å². The Morgan fingerprint density at radius 2 is 1.83 bits per heavy atom. The molecular weight excluding hydrogens is 385 g/mol. The first-order valence-corrected chi connectivity index (χ1v) is 9.85. The molecule has 1 atom stereocenters. The first-order chi connectivity index (χ1) is 14.5. The van der Waals surface area contributed by atoms with Crippen LogP contribution in [0.3, 0.4) is 0 Å². The highest BCUT2D eigenvalue weighted by Gasteiger charge is 2.21. The second kappa shape index (κ2) is 9.82. The van der Waals surface area contributed by atoms with Gasteiger partial charge in [-0.1, -0.05) is 31.5 Å². The molecule has 0 bridgehead atoms. The van der Waals surface area contributed by atoms with Crippen LogP contribution < -0.4 is 5.32 Å². The van der Waals surface area contributed by atoms with Gasteiger partial charge in [0.1, 0.15) is 17.1 Å². The van der Waals surface area contributed by atoms with Crippen molar-refractivity contribution in [2.24, 2.45) is 0 Å². The summed E-state index contributed by atoms with van der Waals surface area (Å²) >= 11 is 0. The predicted molar refractivity (Wildman–Crippen MR) is 112 cm³/mol. The molecule has 1 aromatic heterocycles. The summed E-state index contributed by atoms with van der Waals surface area (Å²) in [6, 6.07) is 15.0. The molecule has 3 rings (SSSR count). The number of hydrogen-bond acceptors (Lipinski definition) is 4. The van der Waals surface area contributed by atoms with Crippen LogP contribution in [0.5, 0.6) is 0 Å². The van der Waals surface area contributed by atoms with E-state index in [2.05, 4.69) is 10.4 Å². The predicted octanol–water partition coefficient (Wildman–Crippen LogP) is 4.14. The third-order valence-corrected chi connectivity index (χ3v) is 4.54. The van der Waals surface area contributed by atoms with Gasteiger partial charge in [0.05, 0.1) is 5.69 Å². The van der Waals surface area contributed by atoms with E-state index in [0.29, 0.717) is 11.3 Å². The molecule has 0 radical (unpaired) electrons. The largest absolute Gasteiger partial charge is 0.452 e. The van der Waals surface area contributed by atoms with Crippen LogP contribution in [0.4, 0.5) is 4.39 Å². The van der Waals surface area contributed by atoms with Crippen LogP contribution in [0.25, 0.3) is 16.9 Å². The van der Waals surface area contributed by atoms with E-state index in [0.717, 1.165) is 18.5 Å². The number of nitrogens with one attached hydrogen (secondary N) is 1. The number of nitrogens with zero attached hydrogens (tertiary/aromatic N) is 2. The Hall–Kier alpha value is -3.48. The molecule has 1 N–H and O–H groups in total. The molecule has 0 saturated heterocycles. The van der Waals surface area contributed by atoms with Crippen molar-refractivity contribution in [1.29, 1.82) is 0 Å². The van der Waals surface area contributed by atoms with Gasteiger partial charge in [-0.2, -0.15) is 5.10 Å². The second-order valence-corrected chi connectivity index (χ2v) is 7.01. The van der Waals surface area contributed by atoms with Crippen LogP contribution >= 0.6 is 0 Å². The minimum atomic E-state index is -0.671. The van der Waals surface area contributed by atoms with Crippen molar-refractivity contribution < 1.29 is 18.7 Å². The molecule has 6 nitrogen and oxygen atoms in total. The van der Waals surface area contributed by atoms with Crippen LogP contribution in [-0.2, 0) is 9.53 Å². The number of carbonyl (C=O) groups excluding carboxylic acids is 2. The average molecular weight is 409 g/mol. The average Bonchev–Trinajstić information content (AvgIpc) is 3.19. The fourth-order valence-corrected chi connectivity index (χ4v) is 3.09. The fourth-order valence-electron chi connectivity index (χ4n) is 3.09. The number of ether oxygens (including phenoxy) is 1. The summed E-state index contributed by atoms with van der Waals surface area (Å²) in [6.07, 6.45) is 3.34. The Morgan fingerprint density at radius 3 is 2.50 bits per heavy atom. The van der Waals surface area contributed by atoms with Gasteiger partial charge in [0, 0.05) is 17.8 Å². The maximum absolute atomic E-state index is 13.3. The number of carbonyl (C=O) groups is 2. The minimum absolute atomic E-state index is 0.0109. The number of para-hydroxylation sites is 1. The Labute approximate surface area is 174 Å². The van der Waals surface area contributed by atoms with E-state index in [9.17, 15) is 14.0 Å².